The molecule has 0 bridgehead atoms. The number of hydrogen-bond donors (Lipinski definition) is 1. The SMILES string of the molecule is CCn1cc(C(=O)N2CCC[C@H]2C[C@H](C)O)cn1. The number of aryl methyl sites for hydroxylation is 1. The third-order valence-corrected chi connectivity index (χ3v) is 3.46. The number of aromatic nitrogens is 2. The Bertz CT molecular complexity index is 414. The maximum atomic E-state index is 12.4. The quantitative estimate of drug-likeness (QED) is 0.877. The summed E-state index contributed by atoms with van der Waals surface area (Å²) in [6, 6.07) is 0.169. The minimum Gasteiger partial charge on any atom is -0.393 e. The Morgan fingerprint density at radius 3 is 3.06 bits per heavy atom. The molecular weight excluding hydrogens is 230 g/mol. The molecule has 18 heavy (non-hydrogen) atoms. The van der Waals surface area contributed by atoms with E-state index in [1.807, 2.05) is 11.8 Å². The summed E-state index contributed by atoms with van der Waals surface area (Å²) in [5.41, 5.74) is 0.648. The molecule has 0 spiro atoms. The van der Waals surface area contributed by atoms with Crippen molar-refractivity contribution < 1.29 is 9.90 Å². The number of carbonyl (C=O) groups excluding carboxylic acids is 1. The van der Waals surface area contributed by atoms with Gasteiger partial charge in [0.15, 0.2) is 0 Å². The van der Waals surface area contributed by atoms with Crippen LogP contribution in [-0.2, 0) is 6.54 Å². The molecule has 1 saturated heterocycles. The Morgan fingerprint density at radius 2 is 2.44 bits per heavy atom. The number of aliphatic hydroxyl groups is 1. The highest BCUT2D eigenvalue weighted by atomic mass is 16.3. The predicted molar refractivity (Wildman–Crippen MR) is 68.3 cm³/mol. The van der Waals surface area contributed by atoms with E-state index in [0.717, 1.165) is 25.9 Å². The normalized spacial score (nSPS) is 21.3. The fraction of sp³-hybridized carbons (Fsp3) is 0.692. The van der Waals surface area contributed by atoms with Crippen molar-refractivity contribution in [2.45, 2.75) is 51.8 Å². The number of rotatable bonds is 4. The summed E-state index contributed by atoms with van der Waals surface area (Å²) in [5.74, 6) is 0.0397. The van der Waals surface area contributed by atoms with Gasteiger partial charge >= 0.3 is 0 Å². The Kier molecular flexibility index (Phi) is 4.01. The second kappa shape index (κ2) is 5.52. The third kappa shape index (κ3) is 2.72. The van der Waals surface area contributed by atoms with Crippen LogP contribution in [0.15, 0.2) is 12.4 Å². The fourth-order valence-corrected chi connectivity index (χ4v) is 2.55. The van der Waals surface area contributed by atoms with Gasteiger partial charge in [-0.2, -0.15) is 5.10 Å². The molecule has 5 heteroatoms. The van der Waals surface area contributed by atoms with Crippen LogP contribution < -0.4 is 0 Å². The van der Waals surface area contributed by atoms with Gasteiger partial charge in [0.2, 0.25) is 0 Å². The third-order valence-electron chi connectivity index (χ3n) is 3.46. The highest BCUT2D eigenvalue weighted by Crippen LogP contribution is 2.23. The largest absolute Gasteiger partial charge is 0.393 e. The Hall–Kier alpha value is -1.36. The average Bonchev–Trinajstić information content (AvgIpc) is 2.95. The molecule has 1 fully saturated rings. The molecule has 100 valence electrons. The molecule has 0 aliphatic carbocycles. The molecule has 0 unspecified atom stereocenters. The van der Waals surface area contributed by atoms with Crippen molar-refractivity contribution in [1.82, 2.24) is 14.7 Å². The Labute approximate surface area is 107 Å². The molecule has 5 nitrogen and oxygen atoms in total. The Balaban J connectivity index is 2.07. The molecular formula is C13H21N3O2. The highest BCUT2D eigenvalue weighted by molar-refractivity contribution is 5.94. The molecule has 1 aromatic rings. The van der Waals surface area contributed by atoms with Gasteiger partial charge in [-0.3, -0.25) is 9.48 Å². The van der Waals surface area contributed by atoms with Crippen LogP contribution in [0.3, 0.4) is 0 Å². The lowest BCUT2D eigenvalue weighted by molar-refractivity contribution is 0.0682. The molecule has 1 aromatic heterocycles. The minimum absolute atomic E-state index is 0.0397. The van der Waals surface area contributed by atoms with Crippen molar-refractivity contribution in [3.8, 4) is 0 Å². The van der Waals surface area contributed by atoms with E-state index in [1.165, 1.54) is 0 Å². The Morgan fingerprint density at radius 1 is 1.67 bits per heavy atom. The first-order chi connectivity index (χ1) is 8.61. The molecule has 1 amide bonds. The van der Waals surface area contributed by atoms with Gasteiger partial charge in [0.25, 0.3) is 5.91 Å². The van der Waals surface area contributed by atoms with Crippen molar-refractivity contribution in [3.63, 3.8) is 0 Å². The van der Waals surface area contributed by atoms with Gasteiger partial charge in [-0.25, -0.2) is 0 Å². The number of carbonyl (C=O) groups is 1. The summed E-state index contributed by atoms with van der Waals surface area (Å²) in [7, 11) is 0. The lowest BCUT2D eigenvalue weighted by Gasteiger charge is -2.25. The van der Waals surface area contributed by atoms with Gasteiger partial charge in [0, 0.05) is 25.3 Å². The maximum absolute atomic E-state index is 12.4. The predicted octanol–water partition coefficient (Wildman–Crippen LogP) is 1.28. The molecule has 0 radical (unpaired) electrons. The second-order valence-electron chi connectivity index (χ2n) is 4.96. The van der Waals surface area contributed by atoms with Crippen LogP contribution in [0.4, 0.5) is 0 Å². The monoisotopic (exact) mass is 251 g/mol. The molecule has 2 heterocycles. The van der Waals surface area contributed by atoms with E-state index < -0.39 is 0 Å². The van der Waals surface area contributed by atoms with Crippen LogP contribution in [0.25, 0.3) is 0 Å². The molecule has 0 saturated carbocycles. The number of aliphatic hydroxyl groups excluding tert-OH is 1. The summed E-state index contributed by atoms with van der Waals surface area (Å²) < 4.78 is 1.76. The smallest absolute Gasteiger partial charge is 0.257 e. The molecule has 2 rings (SSSR count). The molecule has 2 atom stereocenters. The minimum atomic E-state index is -0.359. The van der Waals surface area contributed by atoms with Gasteiger partial charge in [-0.1, -0.05) is 0 Å². The van der Waals surface area contributed by atoms with Gasteiger partial charge in [0.1, 0.15) is 0 Å². The number of hydrogen-bond acceptors (Lipinski definition) is 3. The summed E-state index contributed by atoms with van der Waals surface area (Å²) in [5, 5.41) is 13.6. The number of likely N-dealkylation sites (tertiary alicyclic amines) is 1. The van der Waals surface area contributed by atoms with E-state index in [4.69, 9.17) is 0 Å². The van der Waals surface area contributed by atoms with Crippen molar-refractivity contribution in [2.24, 2.45) is 0 Å². The van der Waals surface area contributed by atoms with Gasteiger partial charge in [0.05, 0.1) is 17.9 Å². The van der Waals surface area contributed by atoms with Crippen LogP contribution in [0, 0.1) is 0 Å². The van der Waals surface area contributed by atoms with Crippen molar-refractivity contribution in [3.05, 3.63) is 18.0 Å². The summed E-state index contributed by atoms with van der Waals surface area (Å²) in [6.07, 6.45) is 5.72. The van der Waals surface area contributed by atoms with Crippen LogP contribution in [0.2, 0.25) is 0 Å². The second-order valence-corrected chi connectivity index (χ2v) is 4.96. The molecule has 1 aliphatic rings. The maximum Gasteiger partial charge on any atom is 0.257 e. The van der Waals surface area contributed by atoms with E-state index in [-0.39, 0.29) is 18.1 Å². The standard InChI is InChI=1S/C13H21N3O2/c1-3-15-9-11(8-14-15)13(18)16-6-4-5-12(16)7-10(2)17/h8-10,12,17H,3-7H2,1-2H3/t10-,12-/m0/s1. The van der Waals surface area contributed by atoms with Crippen LogP contribution in [0.5, 0.6) is 0 Å². The summed E-state index contributed by atoms with van der Waals surface area (Å²) in [6.45, 7) is 5.32. The molecule has 1 N–H and O–H groups in total. The first-order valence-corrected chi connectivity index (χ1v) is 6.63. The van der Waals surface area contributed by atoms with Gasteiger partial charge in [-0.15, -0.1) is 0 Å². The van der Waals surface area contributed by atoms with Crippen molar-refractivity contribution in [2.75, 3.05) is 6.54 Å². The molecule has 1 aliphatic heterocycles. The van der Waals surface area contributed by atoms with E-state index in [2.05, 4.69) is 5.10 Å². The first-order valence-electron chi connectivity index (χ1n) is 6.63. The lowest BCUT2D eigenvalue weighted by atomic mass is 10.1. The van der Waals surface area contributed by atoms with Crippen molar-refractivity contribution >= 4 is 5.91 Å². The van der Waals surface area contributed by atoms with E-state index in [1.54, 1.807) is 24.0 Å². The fourth-order valence-electron chi connectivity index (χ4n) is 2.55. The highest BCUT2D eigenvalue weighted by Gasteiger charge is 2.30. The van der Waals surface area contributed by atoms with Crippen LogP contribution >= 0.6 is 0 Å². The number of nitrogens with zero attached hydrogens (tertiary/aromatic N) is 3. The van der Waals surface area contributed by atoms with E-state index in [0.29, 0.717) is 12.0 Å². The summed E-state index contributed by atoms with van der Waals surface area (Å²) >= 11 is 0. The van der Waals surface area contributed by atoms with Gasteiger partial charge in [-0.05, 0) is 33.1 Å². The van der Waals surface area contributed by atoms with Crippen LogP contribution in [-0.4, -0.2) is 44.4 Å². The van der Waals surface area contributed by atoms with Crippen LogP contribution in [0.1, 0.15) is 43.5 Å². The summed E-state index contributed by atoms with van der Waals surface area (Å²) in [4.78, 5) is 14.2. The zero-order valence-electron chi connectivity index (χ0n) is 11.0. The lowest BCUT2D eigenvalue weighted by Crippen LogP contribution is -2.37. The zero-order valence-corrected chi connectivity index (χ0v) is 11.0. The van der Waals surface area contributed by atoms with Crippen molar-refractivity contribution in [1.29, 1.82) is 0 Å². The first kappa shape index (κ1) is 13.1. The zero-order chi connectivity index (χ0) is 13.1. The van der Waals surface area contributed by atoms with E-state index in [9.17, 15) is 9.90 Å². The van der Waals surface area contributed by atoms with Gasteiger partial charge < -0.3 is 10.0 Å². The molecule has 0 aromatic carbocycles. The average molecular weight is 251 g/mol. The van der Waals surface area contributed by atoms with E-state index >= 15 is 0 Å². The topological polar surface area (TPSA) is 58.4 Å². The number of amides is 1.